The van der Waals surface area contributed by atoms with Gasteiger partial charge in [0.25, 0.3) is 0 Å². The second-order valence-electron chi connectivity index (χ2n) is 8.51. The van der Waals surface area contributed by atoms with Crippen LogP contribution in [0.15, 0.2) is 114 Å². The zero-order valence-corrected chi connectivity index (χ0v) is 18.9. The second-order valence-corrected chi connectivity index (χ2v) is 9.66. The number of carbonyl (C=O) groups is 1. The molecule has 33 heavy (non-hydrogen) atoms. The van der Waals surface area contributed by atoms with E-state index in [1.54, 1.807) is 11.8 Å². The molecule has 1 aliphatic carbocycles. The average Bonchev–Trinajstić information content (AvgIpc) is 3.03. The van der Waals surface area contributed by atoms with Crippen molar-refractivity contribution in [2.45, 2.75) is 23.0 Å². The molecule has 0 aromatic heterocycles. The minimum absolute atomic E-state index is 0.0563. The highest BCUT2D eigenvalue weighted by Gasteiger charge is 2.37. The van der Waals surface area contributed by atoms with E-state index in [4.69, 9.17) is 0 Å². The van der Waals surface area contributed by atoms with Crippen LogP contribution in [0.25, 0.3) is 5.70 Å². The minimum atomic E-state index is -0.0563. The maximum atomic E-state index is 13.5. The fraction of sp³-hybridized carbons (Fsp3) is 0.100. The molecule has 1 N–H and O–H groups in total. The van der Waals surface area contributed by atoms with E-state index in [1.807, 2.05) is 30.3 Å². The first-order valence-corrected chi connectivity index (χ1v) is 12.2. The summed E-state index contributed by atoms with van der Waals surface area (Å²) in [5.74, 6) is 0.131. The summed E-state index contributed by atoms with van der Waals surface area (Å²) in [6, 6.07) is 35.7. The minimum Gasteiger partial charge on any atom is -0.354 e. The molecular weight excluding hydrogens is 422 g/mol. The molecule has 0 spiro atoms. The van der Waals surface area contributed by atoms with Crippen LogP contribution in [0.3, 0.4) is 0 Å². The van der Waals surface area contributed by atoms with Gasteiger partial charge >= 0.3 is 0 Å². The number of fused-ring (bicyclic) bond motifs is 3. The van der Waals surface area contributed by atoms with Crippen LogP contribution >= 0.6 is 11.8 Å². The summed E-state index contributed by atoms with van der Waals surface area (Å²) in [4.78, 5) is 14.7. The topological polar surface area (TPSA) is 29.1 Å². The second kappa shape index (κ2) is 8.42. The van der Waals surface area contributed by atoms with E-state index in [1.165, 1.54) is 11.1 Å². The van der Waals surface area contributed by atoms with E-state index >= 15 is 0 Å². The SMILES string of the molecule is O=C1C2=C(Nc3ccccc3S[C@@H]2c2ccc(CCc3ccccc3)cc2)c2ccccc21. The van der Waals surface area contributed by atoms with Crippen molar-refractivity contribution in [3.05, 3.63) is 137 Å². The highest BCUT2D eigenvalue weighted by atomic mass is 32.2. The van der Waals surface area contributed by atoms with Gasteiger partial charge < -0.3 is 5.32 Å². The molecular formula is C30H23NOS. The zero-order valence-electron chi connectivity index (χ0n) is 18.1. The van der Waals surface area contributed by atoms with Crippen LogP contribution in [0, 0.1) is 0 Å². The lowest BCUT2D eigenvalue weighted by Crippen LogP contribution is -2.07. The van der Waals surface area contributed by atoms with E-state index in [2.05, 4.69) is 78.1 Å². The van der Waals surface area contributed by atoms with Gasteiger partial charge in [-0.3, -0.25) is 4.79 Å². The molecule has 0 saturated heterocycles. The number of benzene rings is 4. The number of rotatable bonds is 4. The Balaban J connectivity index is 1.36. The number of thioether (sulfide) groups is 1. The van der Waals surface area contributed by atoms with E-state index in [-0.39, 0.29) is 11.0 Å². The van der Waals surface area contributed by atoms with Gasteiger partial charge in [-0.2, -0.15) is 0 Å². The largest absolute Gasteiger partial charge is 0.354 e. The summed E-state index contributed by atoms with van der Waals surface area (Å²) in [5.41, 5.74) is 8.49. The molecule has 2 nitrogen and oxygen atoms in total. The third kappa shape index (κ3) is 3.69. The molecule has 0 amide bonds. The molecule has 0 bridgehead atoms. The Hall–Kier alpha value is -3.56. The average molecular weight is 446 g/mol. The molecule has 6 rings (SSSR count). The maximum Gasteiger partial charge on any atom is 0.193 e. The molecule has 0 radical (unpaired) electrons. The van der Waals surface area contributed by atoms with Crippen molar-refractivity contribution in [1.82, 2.24) is 0 Å². The standard InChI is InChI=1S/C30H23NOS/c32-29-24-11-5-4-10-23(24)28-27(29)30(33-26-13-7-6-12-25(26)31-28)22-18-16-21(17-19-22)15-14-20-8-2-1-3-9-20/h1-13,16-19,30-31H,14-15H2/t30-/m1/s1. The first kappa shape index (κ1) is 20.1. The van der Waals surface area contributed by atoms with Gasteiger partial charge in [-0.15, -0.1) is 11.8 Å². The fourth-order valence-electron chi connectivity index (χ4n) is 4.71. The number of aryl methyl sites for hydroxylation is 2. The molecule has 160 valence electrons. The maximum absolute atomic E-state index is 13.5. The van der Waals surface area contributed by atoms with Crippen molar-refractivity contribution < 1.29 is 4.79 Å². The first-order valence-electron chi connectivity index (χ1n) is 11.3. The normalized spacial score (nSPS) is 16.5. The van der Waals surface area contributed by atoms with Crippen molar-refractivity contribution in [3.63, 3.8) is 0 Å². The van der Waals surface area contributed by atoms with Crippen LogP contribution in [-0.4, -0.2) is 5.78 Å². The molecule has 4 aromatic carbocycles. The molecule has 1 atom stereocenters. The van der Waals surface area contributed by atoms with Crippen molar-refractivity contribution in [3.8, 4) is 0 Å². The molecule has 0 saturated carbocycles. The summed E-state index contributed by atoms with van der Waals surface area (Å²) in [6.45, 7) is 0. The van der Waals surface area contributed by atoms with Crippen LogP contribution in [0.1, 0.15) is 37.9 Å². The molecule has 0 unspecified atom stereocenters. The lowest BCUT2D eigenvalue weighted by molar-refractivity contribution is 0.103. The van der Waals surface area contributed by atoms with Gasteiger partial charge in [0.2, 0.25) is 0 Å². The third-order valence-electron chi connectivity index (χ3n) is 6.44. The van der Waals surface area contributed by atoms with Crippen LogP contribution in [0.5, 0.6) is 0 Å². The van der Waals surface area contributed by atoms with Crippen molar-refractivity contribution in [2.24, 2.45) is 0 Å². The summed E-state index contributed by atoms with van der Waals surface area (Å²) in [6.07, 6.45) is 2.03. The van der Waals surface area contributed by atoms with Gasteiger partial charge in [0.15, 0.2) is 5.78 Å². The highest BCUT2D eigenvalue weighted by molar-refractivity contribution is 8.00. The fourth-order valence-corrected chi connectivity index (χ4v) is 6.00. The number of hydrogen-bond acceptors (Lipinski definition) is 3. The first-order chi connectivity index (χ1) is 16.3. The van der Waals surface area contributed by atoms with Crippen LogP contribution in [-0.2, 0) is 12.8 Å². The number of carbonyl (C=O) groups excluding carboxylic acids is 1. The summed E-state index contributed by atoms with van der Waals surface area (Å²) in [5, 5.41) is 3.54. The number of anilines is 1. The molecule has 4 aromatic rings. The van der Waals surface area contributed by atoms with E-state index in [9.17, 15) is 4.79 Å². The van der Waals surface area contributed by atoms with Gasteiger partial charge in [-0.25, -0.2) is 0 Å². The summed E-state index contributed by atoms with van der Waals surface area (Å²) in [7, 11) is 0. The predicted octanol–water partition coefficient (Wildman–Crippen LogP) is 7.34. The lowest BCUT2D eigenvalue weighted by atomic mass is 9.98. The smallest absolute Gasteiger partial charge is 0.193 e. The number of Topliss-reactive ketones (excluding diaryl/α,β-unsaturated/α-hetero) is 1. The monoisotopic (exact) mass is 445 g/mol. The molecule has 3 heteroatoms. The Morgan fingerprint density at radius 1 is 0.667 bits per heavy atom. The summed E-state index contributed by atoms with van der Waals surface area (Å²) < 4.78 is 0. The van der Waals surface area contributed by atoms with Crippen molar-refractivity contribution >= 4 is 28.9 Å². The van der Waals surface area contributed by atoms with Gasteiger partial charge in [0.1, 0.15) is 0 Å². The number of hydrogen-bond donors (Lipinski definition) is 1. The van der Waals surface area contributed by atoms with E-state index < -0.39 is 0 Å². The Bertz CT molecular complexity index is 1370. The zero-order chi connectivity index (χ0) is 22.2. The lowest BCUT2D eigenvalue weighted by Gasteiger charge is -2.18. The van der Waals surface area contributed by atoms with Gasteiger partial charge in [0.05, 0.1) is 16.6 Å². The van der Waals surface area contributed by atoms with Gasteiger partial charge in [-0.05, 0) is 41.7 Å². The van der Waals surface area contributed by atoms with E-state index in [0.29, 0.717) is 0 Å². The third-order valence-corrected chi connectivity index (χ3v) is 7.79. The number of para-hydroxylation sites is 1. The Kier molecular flexibility index (Phi) is 5.12. The Labute approximate surface area is 198 Å². The predicted molar refractivity (Wildman–Crippen MR) is 137 cm³/mol. The molecule has 2 aliphatic rings. The Morgan fingerprint density at radius 3 is 2.09 bits per heavy atom. The molecule has 1 aliphatic heterocycles. The van der Waals surface area contributed by atoms with Gasteiger partial charge in [0, 0.05) is 21.6 Å². The van der Waals surface area contributed by atoms with Crippen molar-refractivity contribution in [2.75, 3.05) is 5.32 Å². The Morgan fingerprint density at radius 2 is 1.30 bits per heavy atom. The molecule has 1 heterocycles. The molecule has 0 fully saturated rings. The van der Waals surface area contributed by atoms with Crippen LogP contribution < -0.4 is 5.32 Å². The van der Waals surface area contributed by atoms with E-state index in [0.717, 1.165) is 51.4 Å². The van der Waals surface area contributed by atoms with Crippen LogP contribution in [0.4, 0.5) is 5.69 Å². The van der Waals surface area contributed by atoms with Gasteiger partial charge in [-0.1, -0.05) is 91.0 Å². The summed E-state index contributed by atoms with van der Waals surface area (Å²) >= 11 is 1.76. The number of nitrogens with one attached hydrogen (secondary N) is 1. The van der Waals surface area contributed by atoms with Crippen LogP contribution in [0.2, 0.25) is 0 Å². The number of ketones is 1. The highest BCUT2D eigenvalue weighted by Crippen LogP contribution is 2.52. The quantitative estimate of drug-likeness (QED) is 0.356. The van der Waals surface area contributed by atoms with Crippen molar-refractivity contribution in [1.29, 1.82) is 0 Å².